The van der Waals surface area contributed by atoms with Crippen LogP contribution in [-0.2, 0) is 0 Å². The van der Waals surface area contributed by atoms with E-state index in [4.69, 9.17) is 9.97 Å². The third kappa shape index (κ3) is 4.59. The average molecular weight is 715 g/mol. The Morgan fingerprint density at radius 1 is 0.482 bits per heavy atom. The molecule has 1 aliphatic heterocycles. The number of benzene rings is 8. The van der Waals surface area contributed by atoms with Gasteiger partial charge in [-0.1, -0.05) is 146 Å². The SMILES string of the molecule is C1=CC2c3cc(-c4nc(-n5c6ccccc6c6c7ccccc7c(-c7ccc8ccccc8c7)cc65)nc5ccccc45)ccc3N(c3ccccc3)C2C=C1. The first-order valence-corrected chi connectivity index (χ1v) is 19.3. The van der Waals surface area contributed by atoms with Gasteiger partial charge in [0.2, 0.25) is 5.95 Å². The van der Waals surface area contributed by atoms with E-state index >= 15 is 0 Å². The molecule has 0 saturated carbocycles. The van der Waals surface area contributed by atoms with Gasteiger partial charge in [-0.15, -0.1) is 0 Å². The van der Waals surface area contributed by atoms with Crippen molar-refractivity contribution in [2.45, 2.75) is 12.0 Å². The summed E-state index contributed by atoms with van der Waals surface area (Å²) < 4.78 is 2.28. The van der Waals surface area contributed by atoms with E-state index in [1.807, 2.05) is 0 Å². The van der Waals surface area contributed by atoms with Gasteiger partial charge in [-0.3, -0.25) is 4.57 Å². The van der Waals surface area contributed by atoms with Crippen molar-refractivity contribution in [3.63, 3.8) is 0 Å². The normalized spacial score (nSPS) is 16.0. The summed E-state index contributed by atoms with van der Waals surface area (Å²) in [6, 6.07) is 61.5. The quantitative estimate of drug-likeness (QED) is 0.182. The van der Waals surface area contributed by atoms with Crippen molar-refractivity contribution < 1.29 is 0 Å². The van der Waals surface area contributed by atoms with Crippen LogP contribution in [-0.4, -0.2) is 20.6 Å². The molecule has 8 aromatic carbocycles. The molecule has 4 heteroatoms. The van der Waals surface area contributed by atoms with Gasteiger partial charge in [0.1, 0.15) is 0 Å². The van der Waals surface area contributed by atoms with Crippen LogP contribution >= 0.6 is 0 Å². The standard InChI is InChI=1S/C52H34N4/c1-2-16-37(17-3-1)55-46-24-12-9-19-39(46)44-31-36(28-29-48(44)55)51-41-21-8-11-23-45(41)53-52(54-51)56-47-25-13-10-22-42(47)50-40-20-7-6-18-38(40)43(32-49(50)56)35-27-26-33-14-4-5-15-34(33)30-35/h1-32,39,46H. The molecule has 262 valence electrons. The van der Waals surface area contributed by atoms with Crippen LogP contribution in [0.5, 0.6) is 0 Å². The number of rotatable bonds is 4. The summed E-state index contributed by atoms with van der Waals surface area (Å²) >= 11 is 0. The lowest BCUT2D eigenvalue weighted by Gasteiger charge is -2.28. The Bertz CT molecular complexity index is 3280. The van der Waals surface area contributed by atoms with Gasteiger partial charge in [-0.25, -0.2) is 9.97 Å². The first-order chi connectivity index (χ1) is 27.8. The lowest BCUT2D eigenvalue weighted by molar-refractivity contribution is 0.745. The number of anilines is 2. The van der Waals surface area contributed by atoms with Crippen LogP contribution in [0.15, 0.2) is 194 Å². The summed E-state index contributed by atoms with van der Waals surface area (Å²) in [4.78, 5) is 13.4. The monoisotopic (exact) mass is 714 g/mol. The number of nitrogens with zero attached hydrogens (tertiary/aromatic N) is 4. The smallest absolute Gasteiger partial charge is 0.235 e. The van der Waals surface area contributed by atoms with Gasteiger partial charge >= 0.3 is 0 Å². The summed E-state index contributed by atoms with van der Waals surface area (Å²) in [6.45, 7) is 0. The second kappa shape index (κ2) is 12.1. The second-order valence-corrected chi connectivity index (χ2v) is 14.9. The van der Waals surface area contributed by atoms with Crippen molar-refractivity contribution in [2.75, 3.05) is 4.90 Å². The highest BCUT2D eigenvalue weighted by Gasteiger charge is 2.37. The van der Waals surface area contributed by atoms with Crippen LogP contribution in [0.4, 0.5) is 11.4 Å². The van der Waals surface area contributed by atoms with E-state index in [1.165, 1.54) is 60.4 Å². The van der Waals surface area contributed by atoms with Crippen molar-refractivity contribution in [1.82, 2.24) is 14.5 Å². The first-order valence-electron chi connectivity index (χ1n) is 19.3. The van der Waals surface area contributed by atoms with Gasteiger partial charge in [0.05, 0.1) is 28.3 Å². The van der Waals surface area contributed by atoms with E-state index in [9.17, 15) is 0 Å². The maximum atomic E-state index is 5.55. The molecule has 0 bridgehead atoms. The molecule has 0 spiro atoms. The van der Waals surface area contributed by atoms with Gasteiger partial charge in [-0.05, 0) is 86.8 Å². The van der Waals surface area contributed by atoms with E-state index in [0.717, 1.165) is 33.2 Å². The van der Waals surface area contributed by atoms with Crippen LogP contribution in [0.3, 0.4) is 0 Å². The van der Waals surface area contributed by atoms with Gasteiger partial charge in [0.25, 0.3) is 0 Å². The predicted octanol–water partition coefficient (Wildman–Crippen LogP) is 13.1. The van der Waals surface area contributed by atoms with Crippen molar-refractivity contribution in [3.8, 4) is 28.3 Å². The predicted molar refractivity (Wildman–Crippen MR) is 233 cm³/mol. The third-order valence-electron chi connectivity index (χ3n) is 11.9. The molecule has 0 saturated heterocycles. The molecule has 2 aromatic heterocycles. The van der Waals surface area contributed by atoms with Crippen LogP contribution in [0.1, 0.15) is 11.5 Å². The molecule has 0 fully saturated rings. The molecule has 2 aliphatic rings. The number of fused-ring (bicyclic) bond motifs is 10. The van der Waals surface area contributed by atoms with Crippen LogP contribution in [0.2, 0.25) is 0 Å². The molecule has 12 rings (SSSR count). The lowest BCUT2D eigenvalue weighted by Crippen LogP contribution is -2.28. The summed E-state index contributed by atoms with van der Waals surface area (Å²) in [5.74, 6) is 0.899. The number of allylic oxidation sites excluding steroid dienone is 2. The van der Waals surface area contributed by atoms with Crippen molar-refractivity contribution in [2.24, 2.45) is 0 Å². The Hall–Kier alpha value is -7.30. The molecule has 0 amide bonds. The fraction of sp³-hybridized carbons (Fsp3) is 0.0385. The molecule has 2 atom stereocenters. The first kappa shape index (κ1) is 31.1. The van der Waals surface area contributed by atoms with E-state index in [-0.39, 0.29) is 12.0 Å². The van der Waals surface area contributed by atoms with Gasteiger partial charge in [-0.2, -0.15) is 0 Å². The van der Waals surface area contributed by atoms with E-state index in [0.29, 0.717) is 5.95 Å². The number of para-hydroxylation sites is 3. The topological polar surface area (TPSA) is 34.0 Å². The maximum absolute atomic E-state index is 5.55. The van der Waals surface area contributed by atoms with E-state index in [2.05, 4.69) is 204 Å². The summed E-state index contributed by atoms with van der Waals surface area (Å²) in [5.41, 5.74) is 11.2. The van der Waals surface area contributed by atoms with Gasteiger partial charge in [0.15, 0.2) is 0 Å². The zero-order valence-corrected chi connectivity index (χ0v) is 30.4. The molecule has 2 unspecified atom stereocenters. The zero-order valence-electron chi connectivity index (χ0n) is 30.4. The van der Waals surface area contributed by atoms with Crippen molar-refractivity contribution in [3.05, 3.63) is 200 Å². The lowest BCUT2D eigenvalue weighted by atomic mass is 9.90. The minimum absolute atomic E-state index is 0.217. The van der Waals surface area contributed by atoms with Crippen LogP contribution in [0.25, 0.3) is 82.6 Å². The minimum atomic E-state index is 0.217. The van der Waals surface area contributed by atoms with Crippen molar-refractivity contribution in [1.29, 1.82) is 0 Å². The number of hydrogen-bond donors (Lipinski definition) is 0. The molecule has 1 aliphatic carbocycles. The Labute approximate surface area is 323 Å². The Morgan fingerprint density at radius 2 is 1.20 bits per heavy atom. The highest BCUT2D eigenvalue weighted by molar-refractivity contribution is 6.24. The van der Waals surface area contributed by atoms with Gasteiger partial charge in [0, 0.05) is 39.0 Å². The van der Waals surface area contributed by atoms with Crippen LogP contribution < -0.4 is 4.90 Å². The molecule has 4 nitrogen and oxygen atoms in total. The summed E-state index contributed by atoms with van der Waals surface area (Å²) in [7, 11) is 0. The fourth-order valence-electron chi connectivity index (χ4n) is 9.40. The molecule has 10 aromatic rings. The highest BCUT2D eigenvalue weighted by Crippen LogP contribution is 2.49. The molecular formula is C52H34N4. The number of aromatic nitrogens is 3. The van der Waals surface area contributed by atoms with Gasteiger partial charge < -0.3 is 4.90 Å². The largest absolute Gasteiger partial charge is 0.333 e. The van der Waals surface area contributed by atoms with E-state index < -0.39 is 0 Å². The average Bonchev–Trinajstić information content (AvgIpc) is 3.78. The molecule has 56 heavy (non-hydrogen) atoms. The summed E-state index contributed by atoms with van der Waals surface area (Å²) in [5, 5.41) is 8.33. The number of hydrogen-bond acceptors (Lipinski definition) is 3. The van der Waals surface area contributed by atoms with E-state index in [1.54, 1.807) is 0 Å². The molecular weight excluding hydrogens is 681 g/mol. The maximum Gasteiger partial charge on any atom is 0.235 e. The zero-order chi connectivity index (χ0) is 36.7. The third-order valence-corrected chi connectivity index (χ3v) is 11.9. The highest BCUT2D eigenvalue weighted by atomic mass is 15.2. The Kier molecular flexibility index (Phi) is 6.72. The van der Waals surface area contributed by atoms with Crippen molar-refractivity contribution >= 4 is 65.6 Å². The minimum Gasteiger partial charge on any atom is -0.333 e. The fourth-order valence-corrected chi connectivity index (χ4v) is 9.40. The Balaban J connectivity index is 1.11. The molecule has 0 radical (unpaired) electrons. The van der Waals surface area contributed by atoms with Crippen LogP contribution in [0, 0.1) is 0 Å². The second-order valence-electron chi connectivity index (χ2n) is 14.9. The summed E-state index contributed by atoms with van der Waals surface area (Å²) in [6.07, 6.45) is 9.03. The Morgan fingerprint density at radius 3 is 2.09 bits per heavy atom. The molecule has 0 N–H and O–H groups in total. The molecule has 3 heterocycles.